The van der Waals surface area contributed by atoms with Gasteiger partial charge in [-0.2, -0.15) is 15.3 Å². The van der Waals surface area contributed by atoms with Crippen molar-refractivity contribution in [2.45, 2.75) is 39.2 Å². The fraction of sp³-hybridized carbons (Fsp3) is 0.435. The molecule has 2 aromatic rings. The van der Waals surface area contributed by atoms with Crippen LogP contribution in [0.2, 0.25) is 0 Å². The Morgan fingerprint density at radius 2 is 2.13 bits per heavy atom. The number of H-pyrrole nitrogens is 1. The summed E-state index contributed by atoms with van der Waals surface area (Å²) >= 11 is 0. The highest BCUT2D eigenvalue weighted by atomic mass is 16.5. The minimum Gasteiger partial charge on any atom is -0.381 e. The molecule has 1 aliphatic rings. The summed E-state index contributed by atoms with van der Waals surface area (Å²) in [5.41, 5.74) is 4.03. The highest BCUT2D eigenvalue weighted by Gasteiger charge is 2.25. The van der Waals surface area contributed by atoms with Crippen molar-refractivity contribution in [3.8, 4) is 0 Å². The van der Waals surface area contributed by atoms with Gasteiger partial charge in [-0.15, -0.1) is 0 Å². The van der Waals surface area contributed by atoms with Crippen molar-refractivity contribution in [1.82, 2.24) is 15.5 Å². The van der Waals surface area contributed by atoms with E-state index in [4.69, 9.17) is 10.1 Å². The van der Waals surface area contributed by atoms with Crippen molar-refractivity contribution < 1.29 is 4.74 Å². The van der Waals surface area contributed by atoms with Crippen LogP contribution >= 0.6 is 0 Å². The lowest BCUT2D eigenvalue weighted by molar-refractivity contribution is 0.0792. The Balaban J connectivity index is 1.89. The number of aryl methyl sites for hydroxylation is 1. The van der Waals surface area contributed by atoms with Gasteiger partial charge in [-0.1, -0.05) is 37.8 Å². The monoisotopic (exact) mass is 423 g/mol. The molecule has 166 valence electrons. The normalized spacial score (nSPS) is 14.7. The summed E-state index contributed by atoms with van der Waals surface area (Å²) in [4.78, 5) is 0. The molecule has 0 unspecified atom stereocenters. The first-order valence-corrected chi connectivity index (χ1v) is 10.8. The van der Waals surface area contributed by atoms with Crippen molar-refractivity contribution in [1.29, 1.82) is 5.41 Å². The molecule has 3 N–H and O–H groups in total. The Morgan fingerprint density at radius 3 is 2.84 bits per heavy atom. The first-order chi connectivity index (χ1) is 15.1. The molecule has 0 radical (unpaired) electrons. The number of ether oxygens (including phenoxy) is 1. The average Bonchev–Trinajstić information content (AvgIpc) is 3.19. The first kappa shape index (κ1) is 22.7. The van der Waals surface area contributed by atoms with E-state index in [0.29, 0.717) is 24.1 Å². The van der Waals surface area contributed by atoms with E-state index in [0.717, 1.165) is 55.0 Å². The highest BCUT2D eigenvalue weighted by Crippen LogP contribution is 2.28. The van der Waals surface area contributed by atoms with E-state index in [1.807, 2.05) is 62.5 Å². The van der Waals surface area contributed by atoms with E-state index in [1.165, 1.54) is 0 Å². The molecule has 1 aromatic heterocycles. The van der Waals surface area contributed by atoms with Gasteiger partial charge in [0.25, 0.3) is 0 Å². The predicted molar refractivity (Wildman–Crippen MR) is 128 cm³/mol. The van der Waals surface area contributed by atoms with Gasteiger partial charge in [-0.25, -0.2) is 0 Å². The van der Waals surface area contributed by atoms with Gasteiger partial charge in [0, 0.05) is 44.8 Å². The number of hydrogen-bond acceptors (Lipinski definition) is 7. The lowest BCUT2D eigenvalue weighted by atomic mass is 10.1. The molecule has 3 rings (SSSR count). The summed E-state index contributed by atoms with van der Waals surface area (Å²) in [5, 5.41) is 28.2. The lowest BCUT2D eigenvalue weighted by Crippen LogP contribution is -2.40. The van der Waals surface area contributed by atoms with E-state index >= 15 is 0 Å². The maximum absolute atomic E-state index is 8.77. The van der Waals surface area contributed by atoms with Gasteiger partial charge in [-0.05, 0) is 37.8 Å². The second kappa shape index (κ2) is 10.9. The summed E-state index contributed by atoms with van der Waals surface area (Å²) in [7, 11) is 1.94. The Labute approximate surface area is 184 Å². The second-order valence-corrected chi connectivity index (χ2v) is 7.58. The third-order valence-corrected chi connectivity index (χ3v) is 5.37. The van der Waals surface area contributed by atoms with Crippen LogP contribution in [0.5, 0.6) is 0 Å². The maximum Gasteiger partial charge on any atom is 0.202 e. The molecule has 0 amide bonds. The number of nitrogens with one attached hydrogen (secondary N) is 3. The maximum atomic E-state index is 8.77. The molecule has 0 bridgehead atoms. The summed E-state index contributed by atoms with van der Waals surface area (Å²) < 4.78 is 5.43. The zero-order valence-electron chi connectivity index (χ0n) is 18.7. The smallest absolute Gasteiger partial charge is 0.202 e. The van der Waals surface area contributed by atoms with Crippen molar-refractivity contribution >= 4 is 29.5 Å². The van der Waals surface area contributed by atoms with Crippen LogP contribution in [0.4, 0.5) is 11.5 Å². The Morgan fingerprint density at radius 1 is 1.39 bits per heavy atom. The van der Waals surface area contributed by atoms with Crippen LogP contribution < -0.4 is 15.4 Å². The fourth-order valence-corrected chi connectivity index (χ4v) is 3.65. The number of hydrazine groups is 1. The predicted octanol–water partition coefficient (Wildman–Crippen LogP) is 3.75. The molecular weight excluding hydrogens is 390 g/mol. The first-order valence-electron chi connectivity index (χ1n) is 10.8. The van der Waals surface area contributed by atoms with Crippen LogP contribution in [0.3, 0.4) is 0 Å². The van der Waals surface area contributed by atoms with Gasteiger partial charge in [0.05, 0.1) is 17.0 Å². The van der Waals surface area contributed by atoms with Crippen LogP contribution in [0.1, 0.15) is 43.0 Å². The molecule has 1 aromatic carbocycles. The van der Waals surface area contributed by atoms with E-state index in [-0.39, 0.29) is 0 Å². The van der Waals surface area contributed by atoms with Gasteiger partial charge in [-0.3, -0.25) is 10.1 Å². The van der Waals surface area contributed by atoms with E-state index in [9.17, 15) is 0 Å². The summed E-state index contributed by atoms with van der Waals surface area (Å²) in [5.74, 6) is 0.599. The molecule has 0 aliphatic carbocycles. The molecule has 0 spiro atoms. The van der Waals surface area contributed by atoms with Crippen molar-refractivity contribution in [2.24, 2.45) is 5.10 Å². The molecule has 1 saturated heterocycles. The Bertz CT molecular complexity index is 914. The molecule has 0 atom stereocenters. The summed E-state index contributed by atoms with van der Waals surface area (Å²) in [6.07, 6.45) is 6.39. The van der Waals surface area contributed by atoms with Gasteiger partial charge in [0.1, 0.15) is 0 Å². The summed E-state index contributed by atoms with van der Waals surface area (Å²) in [6, 6.07) is 8.37. The third-order valence-electron chi connectivity index (χ3n) is 5.37. The number of hydrazone groups is 1. The molecule has 8 nitrogen and oxygen atoms in total. The number of para-hydroxylation sites is 1. The van der Waals surface area contributed by atoms with Crippen LogP contribution in [-0.4, -0.2) is 55.0 Å². The zero-order chi connectivity index (χ0) is 22.2. The van der Waals surface area contributed by atoms with Crippen LogP contribution in [0.15, 0.2) is 35.9 Å². The molecule has 0 saturated carbocycles. The van der Waals surface area contributed by atoms with Gasteiger partial charge in [0.2, 0.25) is 5.82 Å². The molecular formula is C23H33N7O. The summed E-state index contributed by atoms with van der Waals surface area (Å²) in [6.45, 7) is 9.92. The second-order valence-electron chi connectivity index (χ2n) is 7.58. The number of aromatic nitrogens is 2. The van der Waals surface area contributed by atoms with Crippen LogP contribution in [0, 0.1) is 12.3 Å². The highest BCUT2D eigenvalue weighted by molar-refractivity contribution is 6.05. The van der Waals surface area contributed by atoms with Crippen LogP contribution in [-0.2, 0) is 4.74 Å². The Kier molecular flexibility index (Phi) is 7.97. The largest absolute Gasteiger partial charge is 0.381 e. The minimum atomic E-state index is 0.376. The quantitative estimate of drug-likeness (QED) is 0.400. The topological polar surface area (TPSA) is 92.6 Å². The van der Waals surface area contributed by atoms with Crippen molar-refractivity contribution in [3.63, 3.8) is 0 Å². The fourth-order valence-electron chi connectivity index (χ4n) is 3.65. The number of nitrogens with zero attached hydrogens (tertiary/aromatic N) is 4. The van der Waals surface area contributed by atoms with Crippen molar-refractivity contribution in [2.75, 3.05) is 36.9 Å². The minimum absolute atomic E-state index is 0.376. The zero-order valence-corrected chi connectivity index (χ0v) is 18.7. The third kappa shape index (κ3) is 5.39. The van der Waals surface area contributed by atoms with E-state index in [1.54, 1.807) is 5.12 Å². The number of hydrogen-bond donors (Lipinski definition) is 3. The van der Waals surface area contributed by atoms with E-state index < -0.39 is 0 Å². The van der Waals surface area contributed by atoms with Gasteiger partial charge >= 0.3 is 0 Å². The molecule has 31 heavy (non-hydrogen) atoms. The molecule has 8 heteroatoms. The number of aromatic amines is 1. The molecule has 2 heterocycles. The molecule has 1 fully saturated rings. The number of benzene rings is 1. The average molecular weight is 424 g/mol. The number of anilines is 2. The van der Waals surface area contributed by atoms with Gasteiger partial charge < -0.3 is 15.5 Å². The van der Waals surface area contributed by atoms with E-state index in [2.05, 4.69) is 27.2 Å². The standard InChI is InChI=1S/C23H33N7O/c1-5-13-26-30(29(4)21-10-8-7-9-18(21)6-2)23-22(17(3)27-28-23)20(24)16-25-19-11-14-31-15-12-19/h6-10,13,19,24-25H,2,5,11-12,14-16H2,1,3-4H3,(H,27,28)/b24-20?,26-13-. The SMILES string of the molecule is C=Cc1ccccc1N(C)N(/N=C\CC)c1n[nH]c(C)c1C(=N)CNC1CCOCC1. The lowest BCUT2D eigenvalue weighted by Gasteiger charge is -2.31. The molecule has 1 aliphatic heterocycles. The van der Waals surface area contributed by atoms with Crippen molar-refractivity contribution in [3.05, 3.63) is 47.7 Å². The Hall–Kier alpha value is -2.97. The van der Waals surface area contributed by atoms with Gasteiger partial charge in [0.15, 0.2) is 0 Å². The number of rotatable bonds is 10. The van der Waals surface area contributed by atoms with Crippen LogP contribution in [0.25, 0.3) is 6.08 Å².